The number of hydrogen-bond acceptors (Lipinski definition) is 4. The van der Waals surface area contributed by atoms with Crippen LogP contribution in [0.25, 0.3) is 0 Å². The Morgan fingerprint density at radius 3 is 2.16 bits per heavy atom. The van der Waals surface area contributed by atoms with Crippen molar-refractivity contribution in [3.8, 4) is 11.5 Å². The molecule has 0 heterocycles. The van der Waals surface area contributed by atoms with Gasteiger partial charge in [-0.25, -0.2) is 0 Å². The second-order valence-electron chi connectivity index (χ2n) is 5.16. The van der Waals surface area contributed by atoms with E-state index in [-0.39, 0.29) is 12.3 Å². The Morgan fingerprint density at radius 2 is 1.74 bits per heavy atom. The Hall–Kier alpha value is -1.75. The molecule has 0 aliphatic rings. The molecule has 1 rings (SSSR count). The second kappa shape index (κ2) is 6.43. The van der Waals surface area contributed by atoms with E-state index in [2.05, 4.69) is 5.32 Å². The van der Waals surface area contributed by atoms with Crippen LogP contribution in [-0.4, -0.2) is 32.2 Å². The van der Waals surface area contributed by atoms with Crippen molar-refractivity contribution in [3.05, 3.63) is 23.8 Å². The van der Waals surface area contributed by atoms with E-state index in [1.54, 1.807) is 20.3 Å². The maximum atomic E-state index is 11.8. The van der Waals surface area contributed by atoms with Gasteiger partial charge in [0.05, 0.1) is 20.6 Å². The van der Waals surface area contributed by atoms with Crippen molar-refractivity contribution in [2.24, 2.45) is 5.73 Å². The Labute approximate surface area is 114 Å². The van der Waals surface area contributed by atoms with Gasteiger partial charge in [0.2, 0.25) is 5.91 Å². The van der Waals surface area contributed by atoms with E-state index >= 15 is 0 Å². The van der Waals surface area contributed by atoms with Gasteiger partial charge in [0.1, 0.15) is 11.5 Å². The van der Waals surface area contributed by atoms with Gasteiger partial charge in [-0.05, 0) is 31.5 Å². The monoisotopic (exact) mass is 266 g/mol. The predicted octanol–water partition coefficient (Wildman–Crippen LogP) is 1.10. The molecule has 0 atom stereocenters. The molecule has 0 unspecified atom stereocenters. The van der Waals surface area contributed by atoms with Gasteiger partial charge < -0.3 is 20.5 Å². The summed E-state index contributed by atoms with van der Waals surface area (Å²) in [6, 6.07) is 5.40. The highest BCUT2D eigenvalue weighted by molar-refractivity contribution is 5.78. The van der Waals surface area contributed by atoms with Gasteiger partial charge in [-0.1, -0.05) is 0 Å². The van der Waals surface area contributed by atoms with E-state index in [0.29, 0.717) is 18.0 Å². The minimum atomic E-state index is -0.415. The summed E-state index contributed by atoms with van der Waals surface area (Å²) in [6.07, 6.45) is 0.267. The average molecular weight is 266 g/mol. The molecule has 1 aromatic rings. The summed E-state index contributed by atoms with van der Waals surface area (Å²) in [5.41, 5.74) is 6.24. The third-order valence-corrected chi connectivity index (χ3v) is 2.52. The molecule has 0 saturated heterocycles. The highest BCUT2D eigenvalue weighted by Gasteiger charge is 2.13. The number of ether oxygens (including phenoxy) is 2. The van der Waals surface area contributed by atoms with Crippen LogP contribution in [0, 0.1) is 0 Å². The van der Waals surface area contributed by atoms with Crippen molar-refractivity contribution in [2.45, 2.75) is 25.8 Å². The fraction of sp³-hybridized carbons (Fsp3) is 0.500. The normalized spacial score (nSPS) is 11.0. The lowest BCUT2D eigenvalue weighted by Gasteiger charge is -2.19. The number of benzene rings is 1. The van der Waals surface area contributed by atoms with Crippen LogP contribution < -0.4 is 20.5 Å². The highest BCUT2D eigenvalue weighted by Crippen LogP contribution is 2.22. The number of rotatable bonds is 6. The van der Waals surface area contributed by atoms with E-state index in [9.17, 15) is 4.79 Å². The summed E-state index contributed by atoms with van der Waals surface area (Å²) in [5, 5.41) is 2.80. The predicted molar refractivity (Wildman–Crippen MR) is 74.5 cm³/mol. The maximum absolute atomic E-state index is 11.8. The lowest BCUT2D eigenvalue weighted by molar-refractivity contribution is -0.120. The van der Waals surface area contributed by atoms with Crippen LogP contribution in [0.2, 0.25) is 0 Å². The number of amides is 1. The van der Waals surface area contributed by atoms with Gasteiger partial charge in [-0.3, -0.25) is 4.79 Å². The number of carbonyl (C=O) groups excluding carboxylic acids is 1. The number of nitrogens with two attached hydrogens (primary N) is 1. The van der Waals surface area contributed by atoms with Crippen LogP contribution in [0.3, 0.4) is 0 Å². The number of nitrogens with one attached hydrogen (secondary N) is 1. The molecule has 5 heteroatoms. The van der Waals surface area contributed by atoms with Crippen LogP contribution in [0.5, 0.6) is 11.5 Å². The first-order valence-corrected chi connectivity index (χ1v) is 6.11. The molecule has 5 nitrogen and oxygen atoms in total. The van der Waals surface area contributed by atoms with Gasteiger partial charge in [0.25, 0.3) is 0 Å². The minimum Gasteiger partial charge on any atom is -0.497 e. The second-order valence-corrected chi connectivity index (χ2v) is 5.16. The average Bonchev–Trinajstić information content (AvgIpc) is 2.35. The van der Waals surface area contributed by atoms with E-state index < -0.39 is 5.54 Å². The van der Waals surface area contributed by atoms with E-state index in [1.807, 2.05) is 26.0 Å². The highest BCUT2D eigenvalue weighted by atomic mass is 16.5. The van der Waals surface area contributed by atoms with Crippen LogP contribution in [0.4, 0.5) is 0 Å². The molecule has 0 aromatic heterocycles. The van der Waals surface area contributed by atoms with Crippen molar-refractivity contribution in [1.82, 2.24) is 5.32 Å². The van der Waals surface area contributed by atoms with Crippen molar-refractivity contribution in [3.63, 3.8) is 0 Å². The maximum Gasteiger partial charge on any atom is 0.224 e. The van der Waals surface area contributed by atoms with Crippen molar-refractivity contribution < 1.29 is 14.3 Å². The first-order valence-electron chi connectivity index (χ1n) is 6.11. The van der Waals surface area contributed by atoms with Crippen LogP contribution in [-0.2, 0) is 11.2 Å². The lowest BCUT2D eigenvalue weighted by Crippen LogP contribution is -2.45. The molecule has 0 saturated carbocycles. The zero-order valence-electron chi connectivity index (χ0n) is 11.9. The number of carbonyl (C=O) groups is 1. The van der Waals surface area contributed by atoms with Gasteiger partial charge in [0.15, 0.2) is 0 Å². The fourth-order valence-corrected chi connectivity index (χ4v) is 1.54. The Kier molecular flexibility index (Phi) is 5.18. The number of methoxy groups -OCH3 is 2. The molecule has 0 fully saturated rings. The smallest absolute Gasteiger partial charge is 0.224 e. The molecule has 0 aliphatic heterocycles. The molecule has 19 heavy (non-hydrogen) atoms. The molecule has 1 amide bonds. The van der Waals surface area contributed by atoms with Crippen molar-refractivity contribution in [2.75, 3.05) is 20.8 Å². The van der Waals surface area contributed by atoms with Crippen molar-refractivity contribution >= 4 is 5.91 Å². The molecule has 1 aromatic carbocycles. The van der Waals surface area contributed by atoms with Gasteiger partial charge in [-0.15, -0.1) is 0 Å². The zero-order chi connectivity index (χ0) is 14.5. The minimum absolute atomic E-state index is 0.0752. The van der Waals surface area contributed by atoms with Crippen LogP contribution in [0.15, 0.2) is 18.2 Å². The molecule has 0 spiro atoms. The molecule has 0 radical (unpaired) electrons. The van der Waals surface area contributed by atoms with Gasteiger partial charge in [0, 0.05) is 18.2 Å². The standard InChI is InChI=1S/C14H22N2O3/c1-14(2,15)9-16-13(17)7-10-5-11(18-3)8-12(6-10)19-4/h5-6,8H,7,9,15H2,1-4H3,(H,16,17). The molecule has 0 aliphatic carbocycles. The summed E-state index contributed by atoms with van der Waals surface area (Å²) in [7, 11) is 3.16. The third kappa shape index (κ3) is 5.61. The van der Waals surface area contributed by atoms with Gasteiger partial charge >= 0.3 is 0 Å². The van der Waals surface area contributed by atoms with Gasteiger partial charge in [-0.2, -0.15) is 0 Å². The summed E-state index contributed by atoms with van der Waals surface area (Å²) in [5.74, 6) is 1.26. The largest absolute Gasteiger partial charge is 0.497 e. The zero-order valence-corrected chi connectivity index (χ0v) is 11.9. The van der Waals surface area contributed by atoms with Crippen LogP contribution in [0.1, 0.15) is 19.4 Å². The molecular weight excluding hydrogens is 244 g/mol. The van der Waals surface area contributed by atoms with Crippen molar-refractivity contribution in [1.29, 1.82) is 0 Å². The Bertz CT molecular complexity index is 417. The Balaban J connectivity index is 2.68. The molecular formula is C14H22N2O3. The van der Waals surface area contributed by atoms with E-state index in [0.717, 1.165) is 5.56 Å². The molecule has 3 N–H and O–H groups in total. The van der Waals surface area contributed by atoms with Crippen LogP contribution >= 0.6 is 0 Å². The number of hydrogen-bond donors (Lipinski definition) is 2. The molecule has 106 valence electrons. The first kappa shape index (κ1) is 15.3. The quantitative estimate of drug-likeness (QED) is 0.808. The SMILES string of the molecule is COc1cc(CC(=O)NCC(C)(C)N)cc(OC)c1. The summed E-state index contributed by atoms with van der Waals surface area (Å²) in [4.78, 5) is 11.8. The Morgan fingerprint density at radius 1 is 1.21 bits per heavy atom. The molecule has 0 bridgehead atoms. The van der Waals surface area contributed by atoms with E-state index in [1.165, 1.54) is 0 Å². The third-order valence-electron chi connectivity index (χ3n) is 2.52. The first-order chi connectivity index (χ1) is 8.84. The topological polar surface area (TPSA) is 73.6 Å². The lowest BCUT2D eigenvalue weighted by atomic mass is 10.1. The summed E-state index contributed by atoms with van der Waals surface area (Å²) in [6.45, 7) is 4.16. The summed E-state index contributed by atoms with van der Waals surface area (Å²) >= 11 is 0. The fourth-order valence-electron chi connectivity index (χ4n) is 1.54. The summed E-state index contributed by atoms with van der Waals surface area (Å²) < 4.78 is 10.3. The van der Waals surface area contributed by atoms with E-state index in [4.69, 9.17) is 15.2 Å².